The lowest BCUT2D eigenvalue weighted by molar-refractivity contribution is 0.338. The zero-order chi connectivity index (χ0) is 16.1. The molecule has 0 saturated carbocycles. The van der Waals surface area contributed by atoms with Gasteiger partial charge in [-0.15, -0.1) is 24.0 Å². The van der Waals surface area contributed by atoms with Crippen LogP contribution < -0.4 is 10.5 Å². The number of nitrogens with two attached hydrogens (primary N) is 1. The molecule has 1 aromatic carbocycles. The highest BCUT2D eigenvalue weighted by atomic mass is 127. The fourth-order valence-electron chi connectivity index (χ4n) is 2.71. The summed E-state index contributed by atoms with van der Waals surface area (Å²) in [7, 11) is 1.66. The maximum absolute atomic E-state index is 6.07. The molecular formula is C17H24IN5O. The average Bonchev–Trinajstić information content (AvgIpc) is 3.09. The normalized spacial score (nSPS) is 15.0. The highest BCUT2D eigenvalue weighted by Gasteiger charge is 2.11. The molecule has 0 bridgehead atoms. The number of halogens is 1. The number of hydrogen-bond acceptors (Lipinski definition) is 3. The predicted octanol–water partition coefficient (Wildman–Crippen LogP) is 2.80. The number of hydrogen-bond donors (Lipinski definition) is 1. The molecule has 1 aromatic heterocycles. The van der Waals surface area contributed by atoms with Crippen LogP contribution >= 0.6 is 24.0 Å². The number of methoxy groups -OCH3 is 1. The monoisotopic (exact) mass is 441 g/mol. The van der Waals surface area contributed by atoms with E-state index in [0.717, 1.165) is 30.2 Å². The third-order valence-electron chi connectivity index (χ3n) is 4.06. The molecule has 2 aromatic rings. The first kappa shape index (κ1) is 18.6. The first-order valence-electron chi connectivity index (χ1n) is 8.00. The third-order valence-corrected chi connectivity index (χ3v) is 4.06. The van der Waals surface area contributed by atoms with E-state index in [9.17, 15) is 0 Å². The van der Waals surface area contributed by atoms with E-state index in [1.165, 1.54) is 19.3 Å². The van der Waals surface area contributed by atoms with E-state index in [1.807, 2.05) is 41.2 Å². The van der Waals surface area contributed by atoms with E-state index in [0.29, 0.717) is 12.5 Å². The Morgan fingerprint density at radius 2 is 1.88 bits per heavy atom. The van der Waals surface area contributed by atoms with Gasteiger partial charge in [0.05, 0.1) is 25.0 Å². The maximum atomic E-state index is 6.07. The molecule has 3 rings (SSSR count). The van der Waals surface area contributed by atoms with Crippen LogP contribution in [-0.2, 0) is 6.54 Å². The highest BCUT2D eigenvalue weighted by Crippen LogP contribution is 2.15. The minimum Gasteiger partial charge on any atom is -0.497 e. The number of rotatable bonds is 4. The molecule has 130 valence electrons. The molecule has 0 spiro atoms. The lowest BCUT2D eigenvalue weighted by atomic mass is 10.1. The van der Waals surface area contributed by atoms with Crippen LogP contribution in [-0.4, -0.2) is 40.8 Å². The van der Waals surface area contributed by atoms with Gasteiger partial charge in [-0.05, 0) is 49.6 Å². The summed E-state index contributed by atoms with van der Waals surface area (Å²) >= 11 is 0. The van der Waals surface area contributed by atoms with Crippen LogP contribution in [0, 0.1) is 0 Å². The number of aliphatic imine (C=N–C) groups is 1. The van der Waals surface area contributed by atoms with Crippen molar-refractivity contribution in [3.8, 4) is 11.4 Å². The molecular weight excluding hydrogens is 417 g/mol. The summed E-state index contributed by atoms with van der Waals surface area (Å²) in [5, 5.41) is 4.55. The van der Waals surface area contributed by atoms with Gasteiger partial charge in [0.25, 0.3) is 0 Å². The Hall–Kier alpha value is -1.77. The van der Waals surface area contributed by atoms with Crippen molar-refractivity contribution < 1.29 is 4.74 Å². The van der Waals surface area contributed by atoms with E-state index in [4.69, 9.17) is 10.5 Å². The molecule has 2 heterocycles. The van der Waals surface area contributed by atoms with Crippen LogP contribution in [0.2, 0.25) is 0 Å². The Labute approximate surface area is 159 Å². The smallest absolute Gasteiger partial charge is 0.191 e. The SMILES string of the molecule is COc1ccc(-n2ccc(CN=C(N)N3CCCCC3)n2)cc1.I. The van der Waals surface area contributed by atoms with Crippen molar-refractivity contribution in [1.82, 2.24) is 14.7 Å². The predicted molar refractivity (Wildman–Crippen MR) is 106 cm³/mol. The summed E-state index contributed by atoms with van der Waals surface area (Å²) < 4.78 is 7.00. The van der Waals surface area contributed by atoms with Gasteiger partial charge in [-0.25, -0.2) is 9.67 Å². The van der Waals surface area contributed by atoms with E-state index in [1.54, 1.807) is 7.11 Å². The number of guanidine groups is 1. The van der Waals surface area contributed by atoms with E-state index < -0.39 is 0 Å². The zero-order valence-corrected chi connectivity index (χ0v) is 16.2. The first-order valence-corrected chi connectivity index (χ1v) is 8.00. The molecule has 2 N–H and O–H groups in total. The third kappa shape index (κ3) is 4.62. The molecule has 1 saturated heterocycles. The summed E-state index contributed by atoms with van der Waals surface area (Å²) in [6.45, 7) is 2.52. The molecule has 0 unspecified atom stereocenters. The van der Waals surface area contributed by atoms with Gasteiger partial charge < -0.3 is 15.4 Å². The molecule has 1 fully saturated rings. The molecule has 0 atom stereocenters. The van der Waals surface area contributed by atoms with Crippen LogP contribution in [0.3, 0.4) is 0 Å². The number of nitrogens with zero attached hydrogens (tertiary/aromatic N) is 4. The summed E-state index contributed by atoms with van der Waals surface area (Å²) in [6, 6.07) is 9.76. The lowest BCUT2D eigenvalue weighted by Crippen LogP contribution is -2.40. The second kappa shape index (κ2) is 8.91. The topological polar surface area (TPSA) is 68.7 Å². The summed E-state index contributed by atoms with van der Waals surface area (Å²) in [5.41, 5.74) is 7.97. The van der Waals surface area contributed by atoms with E-state index in [-0.39, 0.29) is 24.0 Å². The fourth-order valence-corrected chi connectivity index (χ4v) is 2.71. The van der Waals surface area contributed by atoms with Gasteiger partial charge in [-0.2, -0.15) is 5.10 Å². The van der Waals surface area contributed by atoms with Crippen LogP contribution in [0.4, 0.5) is 0 Å². The summed E-state index contributed by atoms with van der Waals surface area (Å²) in [5.74, 6) is 1.46. The maximum Gasteiger partial charge on any atom is 0.191 e. The Kier molecular flexibility index (Phi) is 6.89. The quantitative estimate of drug-likeness (QED) is 0.450. The number of ether oxygens (including phenoxy) is 1. The van der Waals surface area contributed by atoms with Crippen LogP contribution in [0.1, 0.15) is 25.0 Å². The Morgan fingerprint density at radius 1 is 1.17 bits per heavy atom. The van der Waals surface area contributed by atoms with Gasteiger partial charge >= 0.3 is 0 Å². The van der Waals surface area contributed by atoms with Gasteiger partial charge in [0.2, 0.25) is 0 Å². The van der Waals surface area contributed by atoms with Gasteiger partial charge in [0, 0.05) is 19.3 Å². The number of benzene rings is 1. The van der Waals surface area contributed by atoms with Gasteiger partial charge in [0.1, 0.15) is 5.75 Å². The Morgan fingerprint density at radius 3 is 2.54 bits per heavy atom. The molecule has 0 amide bonds. The molecule has 1 aliphatic rings. The lowest BCUT2D eigenvalue weighted by Gasteiger charge is -2.27. The Balaban J connectivity index is 0.00000208. The highest BCUT2D eigenvalue weighted by molar-refractivity contribution is 14.0. The van der Waals surface area contributed by atoms with Crippen molar-refractivity contribution in [3.05, 3.63) is 42.2 Å². The molecule has 1 aliphatic heterocycles. The van der Waals surface area contributed by atoms with Gasteiger partial charge in [0.15, 0.2) is 5.96 Å². The summed E-state index contributed by atoms with van der Waals surface area (Å²) in [6.07, 6.45) is 5.62. The van der Waals surface area contributed by atoms with Crippen molar-refractivity contribution in [1.29, 1.82) is 0 Å². The van der Waals surface area contributed by atoms with Crippen molar-refractivity contribution >= 4 is 29.9 Å². The average molecular weight is 441 g/mol. The molecule has 7 heteroatoms. The molecule has 0 radical (unpaired) electrons. The van der Waals surface area contributed by atoms with Crippen LogP contribution in [0.15, 0.2) is 41.5 Å². The minimum atomic E-state index is 0. The van der Waals surface area contributed by atoms with Crippen molar-refractivity contribution in [2.45, 2.75) is 25.8 Å². The minimum absolute atomic E-state index is 0. The molecule has 6 nitrogen and oxygen atoms in total. The van der Waals surface area contributed by atoms with Crippen LogP contribution in [0.25, 0.3) is 5.69 Å². The van der Waals surface area contributed by atoms with E-state index in [2.05, 4.69) is 15.0 Å². The standard InChI is InChI=1S/C17H23N5O.HI/c1-23-16-7-5-15(6-8-16)22-12-9-14(20-22)13-19-17(18)21-10-3-2-4-11-21;/h5-9,12H,2-4,10-11,13H2,1H3,(H2,18,19);1H. The second-order valence-electron chi connectivity index (χ2n) is 5.67. The van der Waals surface area contributed by atoms with Crippen molar-refractivity contribution in [2.24, 2.45) is 10.7 Å². The first-order chi connectivity index (χ1) is 11.3. The molecule has 0 aliphatic carbocycles. The second-order valence-corrected chi connectivity index (χ2v) is 5.67. The van der Waals surface area contributed by atoms with E-state index >= 15 is 0 Å². The fraction of sp³-hybridized carbons (Fsp3) is 0.412. The molecule has 24 heavy (non-hydrogen) atoms. The number of aromatic nitrogens is 2. The van der Waals surface area contributed by atoms with Crippen molar-refractivity contribution in [2.75, 3.05) is 20.2 Å². The van der Waals surface area contributed by atoms with Crippen molar-refractivity contribution in [3.63, 3.8) is 0 Å². The van der Waals surface area contributed by atoms with Crippen LogP contribution in [0.5, 0.6) is 5.75 Å². The van der Waals surface area contributed by atoms with Gasteiger partial charge in [-0.1, -0.05) is 0 Å². The van der Waals surface area contributed by atoms with Gasteiger partial charge in [-0.3, -0.25) is 0 Å². The summed E-state index contributed by atoms with van der Waals surface area (Å²) in [4.78, 5) is 6.63. The Bertz CT molecular complexity index is 662. The number of likely N-dealkylation sites (tertiary alicyclic amines) is 1. The largest absolute Gasteiger partial charge is 0.497 e. The zero-order valence-electron chi connectivity index (χ0n) is 13.9. The number of piperidine rings is 1.